The van der Waals surface area contributed by atoms with Crippen molar-refractivity contribution >= 4 is 19.3 Å². The molecule has 0 aromatic carbocycles. The molecule has 7 heteroatoms. The van der Waals surface area contributed by atoms with Gasteiger partial charge in [-0.25, -0.2) is 13.3 Å². The second kappa shape index (κ2) is 7.94. The first-order chi connectivity index (χ1) is 11.1. The van der Waals surface area contributed by atoms with Crippen LogP contribution in [-0.4, -0.2) is 28.9 Å². The number of rotatable bonds is 6. The van der Waals surface area contributed by atoms with Crippen LogP contribution in [0.2, 0.25) is 18.1 Å². The molecule has 0 fully saturated rings. The Morgan fingerprint density at radius 3 is 2.28 bits per heavy atom. The molecule has 0 spiro atoms. The van der Waals surface area contributed by atoms with E-state index in [0.29, 0.717) is 0 Å². The Kier molecular flexibility index (Phi) is 7.12. The quantitative estimate of drug-likeness (QED) is 0.722. The molecule has 1 rings (SSSR count). The Morgan fingerprint density at radius 1 is 1.24 bits per heavy atom. The molecule has 0 aliphatic carbocycles. The van der Waals surface area contributed by atoms with Crippen molar-refractivity contribution in [2.75, 3.05) is 6.61 Å². The van der Waals surface area contributed by atoms with Crippen LogP contribution in [0.3, 0.4) is 0 Å². The minimum absolute atomic E-state index is 0.0410. The van der Waals surface area contributed by atoms with Crippen molar-refractivity contribution in [1.29, 1.82) is 0 Å². The third-order valence-electron chi connectivity index (χ3n) is 4.56. The predicted molar refractivity (Wildman–Crippen MR) is 106 cm³/mol. The lowest BCUT2D eigenvalue weighted by Crippen LogP contribution is -2.44. The van der Waals surface area contributed by atoms with Gasteiger partial charge in [0.1, 0.15) is 5.82 Å². The molecule has 1 unspecified atom stereocenters. The smallest absolute Gasteiger partial charge is 0.192 e. The fourth-order valence-corrected chi connectivity index (χ4v) is 3.60. The molecular weight excluding hydrogens is 355 g/mol. The van der Waals surface area contributed by atoms with Crippen molar-refractivity contribution in [1.82, 2.24) is 9.71 Å². The number of halogens is 1. The van der Waals surface area contributed by atoms with Crippen LogP contribution in [0.4, 0.5) is 4.39 Å². The Morgan fingerprint density at radius 2 is 1.80 bits per heavy atom. The Balaban J connectivity index is 3.12. The second-order valence-electron chi connectivity index (χ2n) is 8.94. The molecule has 1 aromatic heterocycles. The predicted octanol–water partition coefficient (Wildman–Crippen LogP) is 4.64. The van der Waals surface area contributed by atoms with Gasteiger partial charge >= 0.3 is 0 Å². The van der Waals surface area contributed by atoms with Crippen LogP contribution in [0.15, 0.2) is 12.1 Å². The van der Waals surface area contributed by atoms with Crippen molar-refractivity contribution < 1.29 is 13.0 Å². The number of pyridine rings is 1. The van der Waals surface area contributed by atoms with Crippen LogP contribution in [-0.2, 0) is 15.4 Å². The van der Waals surface area contributed by atoms with Crippen molar-refractivity contribution in [3.8, 4) is 0 Å². The molecule has 4 nitrogen and oxygen atoms in total. The normalized spacial score (nSPS) is 15.9. The molecule has 0 radical (unpaired) electrons. The fourth-order valence-electron chi connectivity index (χ4n) is 1.79. The number of hydrogen-bond acceptors (Lipinski definition) is 3. The highest BCUT2D eigenvalue weighted by molar-refractivity contribution is 7.84. The van der Waals surface area contributed by atoms with Gasteiger partial charge in [-0.15, -0.1) is 0 Å². The van der Waals surface area contributed by atoms with Crippen LogP contribution in [0.1, 0.15) is 59.0 Å². The summed E-state index contributed by atoms with van der Waals surface area (Å²) in [7, 11) is -3.37. The van der Waals surface area contributed by atoms with Gasteiger partial charge in [-0.1, -0.05) is 20.8 Å². The van der Waals surface area contributed by atoms with E-state index in [9.17, 15) is 8.60 Å². The third kappa shape index (κ3) is 6.23. The van der Waals surface area contributed by atoms with E-state index in [-0.39, 0.29) is 17.3 Å². The summed E-state index contributed by atoms with van der Waals surface area (Å²) >= 11 is 0. The molecule has 0 saturated carbocycles. The first-order valence-corrected chi connectivity index (χ1v) is 12.7. The van der Waals surface area contributed by atoms with Gasteiger partial charge in [0.25, 0.3) is 0 Å². The van der Waals surface area contributed by atoms with Crippen molar-refractivity contribution in [3.05, 3.63) is 29.3 Å². The Labute approximate surface area is 155 Å². The highest BCUT2D eigenvalue weighted by Crippen LogP contribution is 2.37. The summed E-state index contributed by atoms with van der Waals surface area (Å²) in [5, 5.41) is 0.0410. The minimum Gasteiger partial charge on any atom is -0.415 e. The van der Waals surface area contributed by atoms with Gasteiger partial charge in [-0.05, 0) is 58.0 Å². The van der Waals surface area contributed by atoms with E-state index in [1.54, 1.807) is 6.07 Å². The van der Waals surface area contributed by atoms with E-state index in [2.05, 4.69) is 43.6 Å². The molecule has 0 bridgehead atoms. The fraction of sp³-hybridized carbons (Fsp3) is 0.722. The molecule has 0 aliphatic rings. The van der Waals surface area contributed by atoms with Gasteiger partial charge in [0, 0.05) is 5.69 Å². The summed E-state index contributed by atoms with van der Waals surface area (Å²) in [6.07, 6.45) is 0. The van der Waals surface area contributed by atoms with Crippen LogP contribution < -0.4 is 4.72 Å². The van der Waals surface area contributed by atoms with Gasteiger partial charge < -0.3 is 4.43 Å². The average molecular weight is 389 g/mol. The van der Waals surface area contributed by atoms with Crippen molar-refractivity contribution in [3.63, 3.8) is 0 Å². The van der Waals surface area contributed by atoms with E-state index in [1.165, 1.54) is 6.07 Å². The molecule has 0 saturated heterocycles. The van der Waals surface area contributed by atoms with Gasteiger partial charge in [0.15, 0.2) is 8.32 Å². The number of nitrogens with one attached hydrogen (secondary N) is 1. The summed E-state index contributed by atoms with van der Waals surface area (Å²) < 4.78 is 35.8. The average Bonchev–Trinajstić information content (AvgIpc) is 2.43. The van der Waals surface area contributed by atoms with Crippen LogP contribution in [0.5, 0.6) is 0 Å². The number of nitrogens with zero attached hydrogens (tertiary/aromatic N) is 1. The monoisotopic (exact) mass is 388 g/mol. The molecule has 1 heterocycles. The van der Waals surface area contributed by atoms with Crippen LogP contribution >= 0.6 is 0 Å². The van der Waals surface area contributed by atoms with Gasteiger partial charge in [0.05, 0.1) is 34.1 Å². The highest BCUT2D eigenvalue weighted by atomic mass is 32.2. The maximum absolute atomic E-state index is 14.4. The van der Waals surface area contributed by atoms with Gasteiger partial charge in [-0.3, -0.25) is 4.98 Å². The molecule has 0 aliphatic heterocycles. The minimum atomic E-state index is -2.02. The zero-order valence-corrected chi connectivity index (χ0v) is 18.8. The molecule has 2 atom stereocenters. The standard InChI is InChI=1S/C18H33FN2O2SSi/c1-13-10-11-14(19)16(20-13)15(21-24(22)17(2,3)4)12-23-25(8,9)18(5,6)7/h10-11,15,21H,12H2,1-9H3/t15-,24?/m1/s1. The lowest BCUT2D eigenvalue weighted by atomic mass is 10.2. The summed E-state index contributed by atoms with van der Waals surface area (Å²) in [6, 6.07) is 2.47. The largest absolute Gasteiger partial charge is 0.415 e. The summed E-state index contributed by atoms with van der Waals surface area (Å²) in [5.41, 5.74) is 0.980. The molecular formula is C18H33FN2O2SSi. The zero-order chi connectivity index (χ0) is 19.6. The van der Waals surface area contributed by atoms with E-state index >= 15 is 0 Å². The SMILES string of the molecule is Cc1ccc(F)c([C@@H](CO[Si](C)(C)C(C)(C)C)NS(=O)C(C)(C)C)n1. The molecule has 0 amide bonds. The maximum atomic E-state index is 14.4. The number of aryl methyl sites for hydroxylation is 1. The zero-order valence-electron chi connectivity index (χ0n) is 17.0. The van der Waals surface area contributed by atoms with E-state index < -0.39 is 35.9 Å². The van der Waals surface area contributed by atoms with E-state index in [0.717, 1.165) is 5.69 Å². The van der Waals surface area contributed by atoms with Crippen LogP contribution in [0, 0.1) is 12.7 Å². The number of hydrogen-bond donors (Lipinski definition) is 1. The highest BCUT2D eigenvalue weighted by Gasteiger charge is 2.38. The third-order valence-corrected chi connectivity index (χ3v) is 10.7. The Hall–Kier alpha value is -0.633. The number of aromatic nitrogens is 1. The van der Waals surface area contributed by atoms with E-state index in [1.807, 2.05) is 27.7 Å². The first kappa shape index (κ1) is 22.4. The maximum Gasteiger partial charge on any atom is 0.192 e. The van der Waals surface area contributed by atoms with Crippen molar-refractivity contribution in [2.24, 2.45) is 0 Å². The van der Waals surface area contributed by atoms with Crippen molar-refractivity contribution in [2.45, 2.75) is 77.4 Å². The van der Waals surface area contributed by atoms with Gasteiger partial charge in [-0.2, -0.15) is 0 Å². The Bertz CT molecular complexity index is 624. The molecule has 25 heavy (non-hydrogen) atoms. The lowest BCUT2D eigenvalue weighted by Gasteiger charge is -2.37. The molecule has 144 valence electrons. The second-order valence-corrected chi connectivity index (χ2v) is 15.7. The van der Waals surface area contributed by atoms with E-state index in [4.69, 9.17) is 4.43 Å². The first-order valence-electron chi connectivity index (χ1n) is 8.60. The van der Waals surface area contributed by atoms with Gasteiger partial charge in [0.2, 0.25) is 0 Å². The lowest BCUT2D eigenvalue weighted by molar-refractivity contribution is 0.252. The summed E-state index contributed by atoms with van der Waals surface area (Å²) in [6.45, 7) is 18.4. The molecule has 1 aromatic rings. The summed E-state index contributed by atoms with van der Waals surface area (Å²) in [5.74, 6) is -0.409. The molecule has 1 N–H and O–H groups in total. The summed E-state index contributed by atoms with van der Waals surface area (Å²) in [4.78, 5) is 4.33. The topological polar surface area (TPSA) is 51.2 Å². The van der Waals surface area contributed by atoms with Crippen LogP contribution in [0.25, 0.3) is 0 Å².